The molecule has 6 rings (SSSR count). The van der Waals surface area contributed by atoms with Gasteiger partial charge in [-0.3, -0.25) is 4.79 Å². The molecule has 0 aliphatic heterocycles. The van der Waals surface area contributed by atoms with Gasteiger partial charge in [0.15, 0.2) is 0 Å². The molecular formula is C20H22ClN3O. The predicted octanol–water partition coefficient (Wildman–Crippen LogP) is 4.31. The molecule has 130 valence electrons. The summed E-state index contributed by atoms with van der Waals surface area (Å²) in [7, 11) is 0. The highest BCUT2D eigenvalue weighted by Crippen LogP contribution is 2.60. The van der Waals surface area contributed by atoms with Crippen LogP contribution in [0.15, 0.2) is 30.3 Å². The molecule has 4 aliphatic rings. The van der Waals surface area contributed by atoms with Crippen LogP contribution in [-0.2, 0) is 4.79 Å². The minimum atomic E-state index is -0.245. The first-order valence-electron chi connectivity index (χ1n) is 9.19. The number of rotatable bonds is 2. The lowest BCUT2D eigenvalue weighted by atomic mass is 9.49. The predicted molar refractivity (Wildman–Crippen MR) is 99.0 cm³/mol. The number of hydrogen-bond acceptors (Lipinski definition) is 3. The summed E-state index contributed by atoms with van der Waals surface area (Å²) >= 11 is 6.00. The number of carbonyl (C=O) groups is 1. The van der Waals surface area contributed by atoms with Crippen molar-refractivity contribution in [1.82, 2.24) is 4.98 Å². The van der Waals surface area contributed by atoms with Crippen molar-refractivity contribution >= 4 is 34.1 Å². The summed E-state index contributed by atoms with van der Waals surface area (Å²) in [4.78, 5) is 17.8. The highest BCUT2D eigenvalue weighted by molar-refractivity contribution is 6.29. The van der Waals surface area contributed by atoms with Gasteiger partial charge in [0.05, 0.1) is 16.6 Å². The van der Waals surface area contributed by atoms with Crippen LogP contribution in [0, 0.1) is 23.2 Å². The standard InChI is InChI=1S/C20H22ClN3O/c21-18-5-4-15-16(23-18)2-1-3-17(15)24(22)19(25)20-9-12-6-13(10-20)8-14(7-12)11-20/h1-5,12-14H,6-11,22H2. The maximum Gasteiger partial charge on any atom is 0.247 e. The molecule has 25 heavy (non-hydrogen) atoms. The van der Waals surface area contributed by atoms with Gasteiger partial charge in [0.1, 0.15) is 5.15 Å². The number of halogens is 1. The topological polar surface area (TPSA) is 59.2 Å². The average Bonchev–Trinajstić information content (AvgIpc) is 2.58. The van der Waals surface area contributed by atoms with Crippen molar-refractivity contribution in [3.63, 3.8) is 0 Å². The van der Waals surface area contributed by atoms with Gasteiger partial charge in [-0.1, -0.05) is 17.7 Å². The fraction of sp³-hybridized carbons (Fsp3) is 0.500. The molecule has 1 aromatic heterocycles. The van der Waals surface area contributed by atoms with E-state index in [1.54, 1.807) is 6.07 Å². The SMILES string of the molecule is NN(C(=O)C12CC3CC(CC(C3)C1)C2)c1cccc2nc(Cl)ccc12. The summed E-state index contributed by atoms with van der Waals surface area (Å²) < 4.78 is 0. The Labute approximate surface area is 152 Å². The molecule has 0 radical (unpaired) electrons. The summed E-state index contributed by atoms with van der Waals surface area (Å²) in [6, 6.07) is 9.32. The fourth-order valence-corrected chi connectivity index (χ4v) is 6.22. The summed E-state index contributed by atoms with van der Waals surface area (Å²) in [5, 5.41) is 2.71. The third kappa shape index (κ3) is 2.38. The summed E-state index contributed by atoms with van der Waals surface area (Å²) in [5.74, 6) is 8.64. The molecule has 0 spiro atoms. The largest absolute Gasteiger partial charge is 0.272 e. The number of carbonyl (C=O) groups excluding carboxylic acids is 1. The van der Waals surface area contributed by atoms with Gasteiger partial charge in [-0.05, 0) is 80.5 Å². The minimum Gasteiger partial charge on any atom is -0.272 e. The van der Waals surface area contributed by atoms with Crippen molar-refractivity contribution in [2.45, 2.75) is 38.5 Å². The lowest BCUT2D eigenvalue weighted by Crippen LogP contribution is -2.56. The molecule has 4 bridgehead atoms. The number of nitrogens with two attached hydrogens (primary N) is 1. The van der Waals surface area contributed by atoms with Crippen LogP contribution in [0.3, 0.4) is 0 Å². The Kier molecular flexibility index (Phi) is 3.38. The maximum absolute atomic E-state index is 13.5. The van der Waals surface area contributed by atoms with E-state index in [-0.39, 0.29) is 11.3 Å². The average molecular weight is 356 g/mol. The lowest BCUT2D eigenvalue weighted by molar-refractivity contribution is -0.143. The van der Waals surface area contributed by atoms with E-state index in [1.165, 1.54) is 24.3 Å². The molecular weight excluding hydrogens is 334 g/mol. The molecule has 4 saturated carbocycles. The first-order chi connectivity index (χ1) is 12.0. The Balaban J connectivity index is 1.52. The van der Waals surface area contributed by atoms with E-state index < -0.39 is 0 Å². The van der Waals surface area contributed by atoms with Crippen LogP contribution in [0.2, 0.25) is 5.15 Å². The molecule has 2 aromatic rings. The molecule has 2 N–H and O–H groups in total. The third-order valence-electron chi connectivity index (χ3n) is 6.65. The third-order valence-corrected chi connectivity index (χ3v) is 6.86. The molecule has 4 nitrogen and oxygen atoms in total. The van der Waals surface area contributed by atoms with Crippen LogP contribution in [0.4, 0.5) is 5.69 Å². The van der Waals surface area contributed by atoms with E-state index in [4.69, 9.17) is 17.4 Å². The van der Waals surface area contributed by atoms with E-state index in [2.05, 4.69) is 4.98 Å². The molecule has 0 atom stereocenters. The van der Waals surface area contributed by atoms with Crippen molar-refractivity contribution < 1.29 is 4.79 Å². The molecule has 0 saturated heterocycles. The zero-order valence-electron chi connectivity index (χ0n) is 14.1. The van der Waals surface area contributed by atoms with Gasteiger partial charge < -0.3 is 0 Å². The first-order valence-corrected chi connectivity index (χ1v) is 9.56. The number of anilines is 1. The lowest BCUT2D eigenvalue weighted by Gasteiger charge is -2.56. The maximum atomic E-state index is 13.5. The summed E-state index contributed by atoms with van der Waals surface area (Å²) in [5.41, 5.74) is 1.24. The van der Waals surface area contributed by atoms with Crippen LogP contribution in [-0.4, -0.2) is 10.9 Å². The van der Waals surface area contributed by atoms with E-state index in [0.29, 0.717) is 5.15 Å². The fourth-order valence-electron chi connectivity index (χ4n) is 6.06. The second-order valence-corrected chi connectivity index (χ2v) is 8.74. The number of benzene rings is 1. The van der Waals surface area contributed by atoms with Gasteiger partial charge in [0, 0.05) is 5.39 Å². The Morgan fingerprint density at radius 3 is 2.36 bits per heavy atom. The smallest absolute Gasteiger partial charge is 0.247 e. The van der Waals surface area contributed by atoms with Gasteiger partial charge in [-0.25, -0.2) is 15.8 Å². The molecule has 0 unspecified atom stereocenters. The number of amides is 1. The van der Waals surface area contributed by atoms with Crippen molar-refractivity contribution in [2.75, 3.05) is 5.01 Å². The Bertz CT molecular complexity index is 830. The molecule has 1 aromatic carbocycles. The highest BCUT2D eigenvalue weighted by atomic mass is 35.5. The zero-order chi connectivity index (χ0) is 17.2. The Morgan fingerprint density at radius 1 is 1.08 bits per heavy atom. The number of pyridine rings is 1. The van der Waals surface area contributed by atoms with Crippen molar-refractivity contribution in [3.05, 3.63) is 35.5 Å². The van der Waals surface area contributed by atoms with E-state index in [0.717, 1.165) is 53.6 Å². The van der Waals surface area contributed by atoms with Crippen LogP contribution in [0.25, 0.3) is 10.9 Å². The molecule has 5 heteroatoms. The van der Waals surface area contributed by atoms with Gasteiger partial charge >= 0.3 is 0 Å². The van der Waals surface area contributed by atoms with Gasteiger partial charge in [0.25, 0.3) is 0 Å². The number of fused-ring (bicyclic) bond motifs is 1. The number of aromatic nitrogens is 1. The Morgan fingerprint density at radius 2 is 1.72 bits per heavy atom. The second kappa shape index (κ2) is 5.42. The minimum absolute atomic E-state index is 0.0917. The monoisotopic (exact) mass is 355 g/mol. The van der Waals surface area contributed by atoms with Crippen molar-refractivity contribution in [2.24, 2.45) is 29.0 Å². The quantitative estimate of drug-likeness (QED) is 0.378. The molecule has 4 aliphatic carbocycles. The molecule has 1 amide bonds. The van der Waals surface area contributed by atoms with Crippen LogP contribution in [0.1, 0.15) is 38.5 Å². The van der Waals surface area contributed by atoms with Gasteiger partial charge in [-0.2, -0.15) is 0 Å². The zero-order valence-corrected chi connectivity index (χ0v) is 14.9. The first kappa shape index (κ1) is 15.6. The van der Waals surface area contributed by atoms with E-state index in [9.17, 15) is 4.79 Å². The normalized spacial score (nSPS) is 33.0. The summed E-state index contributed by atoms with van der Waals surface area (Å²) in [6.07, 6.45) is 6.98. The van der Waals surface area contributed by atoms with E-state index in [1.807, 2.05) is 24.3 Å². The number of hydrogen-bond donors (Lipinski definition) is 1. The van der Waals surface area contributed by atoms with Gasteiger partial charge in [0.2, 0.25) is 5.91 Å². The van der Waals surface area contributed by atoms with Crippen LogP contribution in [0.5, 0.6) is 0 Å². The molecule has 1 heterocycles. The summed E-state index contributed by atoms with van der Waals surface area (Å²) in [6.45, 7) is 0. The van der Waals surface area contributed by atoms with Crippen LogP contribution < -0.4 is 10.9 Å². The van der Waals surface area contributed by atoms with E-state index >= 15 is 0 Å². The van der Waals surface area contributed by atoms with Crippen molar-refractivity contribution in [1.29, 1.82) is 0 Å². The Hall–Kier alpha value is -1.65. The second-order valence-electron chi connectivity index (χ2n) is 8.35. The number of nitrogens with zero attached hydrogens (tertiary/aromatic N) is 2. The number of hydrazine groups is 1. The van der Waals surface area contributed by atoms with Crippen molar-refractivity contribution in [3.8, 4) is 0 Å². The highest BCUT2D eigenvalue weighted by Gasteiger charge is 2.55. The van der Waals surface area contributed by atoms with Gasteiger partial charge in [-0.15, -0.1) is 0 Å². The van der Waals surface area contributed by atoms with Crippen LogP contribution >= 0.6 is 11.6 Å². The molecule has 4 fully saturated rings.